The summed E-state index contributed by atoms with van der Waals surface area (Å²) in [6, 6.07) is 11.6. The highest BCUT2D eigenvalue weighted by Gasteiger charge is 2.16. The average Bonchev–Trinajstić information content (AvgIpc) is 2.81. The molecular formula is C23H33ClN6O. The molecule has 1 atom stereocenters. The minimum Gasteiger partial charge on any atom is -0.489 e. The normalized spacial score (nSPS) is 16.1. The second-order valence-corrected chi connectivity index (χ2v) is 8.07. The molecule has 0 spiro atoms. The molecule has 1 saturated heterocycles. The highest BCUT2D eigenvalue weighted by atomic mass is 35.5. The van der Waals surface area contributed by atoms with Crippen LogP contribution in [0.15, 0.2) is 47.6 Å². The molecule has 0 bridgehead atoms. The van der Waals surface area contributed by atoms with Gasteiger partial charge in [0.1, 0.15) is 17.7 Å². The standard InChI is InChI=1S/C23H33ClN6O/c1-4-29-11-13-30(14-12-29)22-10-5-19(16-26-22)17-28-23(25-3)27-15-18(2)31-21-8-6-20(24)7-9-21/h5-10,16,18H,4,11-15,17H2,1-3H3,(H2,25,27,28). The number of nitrogens with one attached hydrogen (secondary N) is 2. The fraction of sp³-hybridized carbons (Fsp3) is 0.478. The molecule has 0 radical (unpaired) electrons. The number of hydrogen-bond donors (Lipinski definition) is 2. The van der Waals surface area contributed by atoms with E-state index in [0.717, 1.165) is 55.8 Å². The van der Waals surface area contributed by atoms with Gasteiger partial charge in [0.15, 0.2) is 5.96 Å². The summed E-state index contributed by atoms with van der Waals surface area (Å²) in [5.41, 5.74) is 1.12. The summed E-state index contributed by atoms with van der Waals surface area (Å²) in [6.45, 7) is 10.9. The first-order chi connectivity index (χ1) is 15.1. The molecule has 168 valence electrons. The van der Waals surface area contributed by atoms with Crippen molar-refractivity contribution < 1.29 is 4.74 Å². The Morgan fingerprint density at radius 2 is 1.87 bits per heavy atom. The van der Waals surface area contributed by atoms with Crippen molar-refractivity contribution in [3.05, 3.63) is 53.2 Å². The number of piperazine rings is 1. The van der Waals surface area contributed by atoms with Gasteiger partial charge in [0.2, 0.25) is 0 Å². The molecule has 2 aromatic rings. The van der Waals surface area contributed by atoms with Crippen LogP contribution in [0.2, 0.25) is 5.02 Å². The van der Waals surface area contributed by atoms with E-state index in [1.165, 1.54) is 0 Å². The maximum absolute atomic E-state index is 5.91. The van der Waals surface area contributed by atoms with Gasteiger partial charge in [0.05, 0.1) is 6.54 Å². The molecule has 8 heteroatoms. The van der Waals surface area contributed by atoms with Crippen molar-refractivity contribution in [2.75, 3.05) is 51.2 Å². The number of benzene rings is 1. The third-order valence-electron chi connectivity index (χ3n) is 5.34. The van der Waals surface area contributed by atoms with Gasteiger partial charge >= 0.3 is 0 Å². The van der Waals surface area contributed by atoms with E-state index in [1.807, 2.05) is 37.4 Å². The van der Waals surface area contributed by atoms with Crippen LogP contribution in [0.25, 0.3) is 0 Å². The SMILES string of the molecule is CCN1CCN(c2ccc(CNC(=NC)NCC(C)Oc3ccc(Cl)cc3)cn2)CC1. The van der Waals surface area contributed by atoms with Crippen molar-refractivity contribution in [2.24, 2.45) is 4.99 Å². The summed E-state index contributed by atoms with van der Waals surface area (Å²) in [6.07, 6.45) is 1.92. The molecule has 1 aliphatic heterocycles. The molecule has 2 N–H and O–H groups in total. The topological polar surface area (TPSA) is 65.0 Å². The van der Waals surface area contributed by atoms with Gasteiger partial charge in [-0.2, -0.15) is 0 Å². The fourth-order valence-corrected chi connectivity index (χ4v) is 3.56. The fourth-order valence-electron chi connectivity index (χ4n) is 3.44. The lowest BCUT2D eigenvalue weighted by Gasteiger charge is -2.34. The number of guanidine groups is 1. The van der Waals surface area contributed by atoms with Gasteiger partial charge in [0.25, 0.3) is 0 Å². The van der Waals surface area contributed by atoms with Crippen LogP contribution in [0.3, 0.4) is 0 Å². The second kappa shape index (κ2) is 11.8. The Kier molecular flexibility index (Phi) is 8.79. The van der Waals surface area contributed by atoms with Gasteiger partial charge in [-0.15, -0.1) is 0 Å². The minimum atomic E-state index is -0.0196. The van der Waals surface area contributed by atoms with Crippen molar-refractivity contribution in [2.45, 2.75) is 26.5 Å². The van der Waals surface area contributed by atoms with Crippen molar-refractivity contribution in [1.82, 2.24) is 20.5 Å². The number of pyridine rings is 1. The van der Waals surface area contributed by atoms with Crippen LogP contribution in [0.1, 0.15) is 19.4 Å². The molecule has 3 rings (SSSR count). The summed E-state index contributed by atoms with van der Waals surface area (Å²) < 4.78 is 5.89. The molecule has 1 aliphatic rings. The van der Waals surface area contributed by atoms with Gasteiger partial charge in [-0.3, -0.25) is 4.99 Å². The van der Waals surface area contributed by atoms with Crippen molar-refractivity contribution in [3.63, 3.8) is 0 Å². The third-order valence-corrected chi connectivity index (χ3v) is 5.60. The number of likely N-dealkylation sites (N-methyl/N-ethyl adjacent to an activating group) is 1. The molecule has 1 unspecified atom stereocenters. The highest BCUT2D eigenvalue weighted by Crippen LogP contribution is 2.17. The van der Waals surface area contributed by atoms with E-state index in [9.17, 15) is 0 Å². The molecule has 2 heterocycles. The van der Waals surface area contributed by atoms with E-state index in [0.29, 0.717) is 18.1 Å². The zero-order valence-corrected chi connectivity index (χ0v) is 19.4. The highest BCUT2D eigenvalue weighted by molar-refractivity contribution is 6.30. The number of ether oxygens (including phenoxy) is 1. The zero-order chi connectivity index (χ0) is 22.1. The van der Waals surface area contributed by atoms with Crippen LogP contribution in [0.4, 0.5) is 5.82 Å². The van der Waals surface area contributed by atoms with Crippen molar-refractivity contribution >= 4 is 23.4 Å². The van der Waals surface area contributed by atoms with Crippen LogP contribution in [-0.2, 0) is 6.54 Å². The van der Waals surface area contributed by atoms with E-state index in [-0.39, 0.29) is 6.10 Å². The number of anilines is 1. The Labute approximate surface area is 190 Å². The Morgan fingerprint density at radius 1 is 1.13 bits per heavy atom. The van der Waals surface area contributed by atoms with Gasteiger partial charge in [-0.25, -0.2) is 4.98 Å². The van der Waals surface area contributed by atoms with Crippen molar-refractivity contribution in [1.29, 1.82) is 0 Å². The Morgan fingerprint density at radius 3 is 2.48 bits per heavy atom. The number of nitrogens with zero attached hydrogens (tertiary/aromatic N) is 4. The number of aromatic nitrogens is 1. The van der Waals surface area contributed by atoms with Crippen LogP contribution in [0, 0.1) is 0 Å². The number of rotatable bonds is 8. The van der Waals surface area contributed by atoms with Crippen LogP contribution >= 0.6 is 11.6 Å². The molecular weight excluding hydrogens is 412 g/mol. The Balaban J connectivity index is 1.41. The third kappa shape index (κ3) is 7.29. The summed E-state index contributed by atoms with van der Waals surface area (Å²) in [5, 5.41) is 7.33. The first-order valence-corrected chi connectivity index (χ1v) is 11.2. The molecule has 1 aromatic carbocycles. The Hall–Kier alpha value is -2.51. The molecule has 1 aromatic heterocycles. The van der Waals surface area contributed by atoms with E-state index in [2.05, 4.69) is 49.5 Å². The largest absolute Gasteiger partial charge is 0.489 e. The van der Waals surface area contributed by atoms with E-state index < -0.39 is 0 Å². The number of aliphatic imine (C=N–C) groups is 1. The maximum atomic E-state index is 5.91. The van der Waals surface area contributed by atoms with E-state index in [1.54, 1.807) is 7.05 Å². The molecule has 31 heavy (non-hydrogen) atoms. The zero-order valence-electron chi connectivity index (χ0n) is 18.6. The first kappa shape index (κ1) is 23.2. The van der Waals surface area contributed by atoms with Crippen molar-refractivity contribution in [3.8, 4) is 5.75 Å². The van der Waals surface area contributed by atoms with Gasteiger partial charge in [0, 0.05) is 51.0 Å². The molecule has 0 saturated carbocycles. The number of hydrogen-bond acceptors (Lipinski definition) is 5. The van der Waals surface area contributed by atoms with E-state index in [4.69, 9.17) is 16.3 Å². The van der Waals surface area contributed by atoms with Gasteiger partial charge < -0.3 is 25.2 Å². The lowest BCUT2D eigenvalue weighted by atomic mass is 10.2. The summed E-state index contributed by atoms with van der Waals surface area (Å²) in [7, 11) is 1.76. The van der Waals surface area contributed by atoms with E-state index >= 15 is 0 Å². The minimum absolute atomic E-state index is 0.0196. The molecule has 0 amide bonds. The predicted octanol–water partition coefficient (Wildman–Crippen LogP) is 3.01. The summed E-state index contributed by atoms with van der Waals surface area (Å²) in [4.78, 5) is 13.8. The van der Waals surface area contributed by atoms with Gasteiger partial charge in [-0.05, 0) is 49.4 Å². The quantitative estimate of drug-likeness (QED) is 0.482. The van der Waals surface area contributed by atoms with Gasteiger partial charge in [-0.1, -0.05) is 24.6 Å². The maximum Gasteiger partial charge on any atom is 0.191 e. The summed E-state index contributed by atoms with van der Waals surface area (Å²) in [5.74, 6) is 2.57. The monoisotopic (exact) mass is 444 g/mol. The molecule has 1 fully saturated rings. The average molecular weight is 445 g/mol. The summed E-state index contributed by atoms with van der Waals surface area (Å²) >= 11 is 5.91. The Bertz CT molecular complexity index is 819. The lowest BCUT2D eigenvalue weighted by Crippen LogP contribution is -2.46. The van der Waals surface area contributed by atoms with Crippen LogP contribution in [0.5, 0.6) is 5.75 Å². The number of halogens is 1. The molecule has 7 nitrogen and oxygen atoms in total. The smallest absolute Gasteiger partial charge is 0.191 e. The lowest BCUT2D eigenvalue weighted by molar-refractivity contribution is 0.224. The predicted molar refractivity (Wildman–Crippen MR) is 128 cm³/mol. The first-order valence-electron chi connectivity index (χ1n) is 10.9. The molecule has 0 aliphatic carbocycles. The van der Waals surface area contributed by atoms with Crippen LogP contribution < -0.4 is 20.3 Å². The van der Waals surface area contributed by atoms with Crippen LogP contribution in [-0.4, -0.2) is 68.3 Å². The second-order valence-electron chi connectivity index (χ2n) is 7.64.